The molecule has 0 aromatic heterocycles. The van der Waals surface area contributed by atoms with Crippen LogP contribution in [0.2, 0.25) is 0 Å². The first-order valence-corrected chi connectivity index (χ1v) is 5.30. The molecule has 0 aliphatic heterocycles. The third-order valence-corrected chi connectivity index (χ3v) is 2.67. The molecule has 3 N–H and O–H groups in total. The predicted molar refractivity (Wildman–Crippen MR) is 57.6 cm³/mol. The van der Waals surface area contributed by atoms with Crippen molar-refractivity contribution in [1.82, 2.24) is 4.90 Å². The molecule has 0 fully saturated rings. The lowest BCUT2D eigenvalue weighted by Crippen LogP contribution is -2.47. The highest BCUT2D eigenvalue weighted by Gasteiger charge is 2.31. The van der Waals surface area contributed by atoms with Crippen LogP contribution in [0.3, 0.4) is 0 Å². The Hall–Kier alpha value is -0.750. The second-order valence-electron chi connectivity index (χ2n) is 4.07. The van der Waals surface area contributed by atoms with Crippen molar-refractivity contribution in [3.05, 3.63) is 0 Å². The van der Waals surface area contributed by atoms with E-state index in [4.69, 9.17) is 10.8 Å². The van der Waals surface area contributed by atoms with Gasteiger partial charge >= 0.3 is 5.97 Å². The van der Waals surface area contributed by atoms with Crippen LogP contribution < -0.4 is 5.73 Å². The number of hydrogen-bond acceptors (Lipinski definition) is 3. The Bertz CT molecular complexity index is 227. The van der Waals surface area contributed by atoms with E-state index in [9.17, 15) is 13.6 Å². The third-order valence-electron chi connectivity index (χ3n) is 2.67. The molecule has 0 aliphatic carbocycles. The van der Waals surface area contributed by atoms with Gasteiger partial charge in [0.25, 0.3) is 6.43 Å². The minimum atomic E-state index is -2.36. The van der Waals surface area contributed by atoms with E-state index in [1.165, 1.54) is 4.90 Å². The third kappa shape index (κ3) is 5.37. The maximum absolute atomic E-state index is 12.0. The number of carboxylic acid groups (broad SMARTS) is 1. The van der Waals surface area contributed by atoms with Crippen LogP contribution in [0, 0.1) is 0 Å². The molecule has 0 aromatic rings. The standard InChI is InChI=1S/C10H20F2N2O2/c1-3-10(13,9(15)16)5-4-6-14(2)7-8(11)12/h8H,3-7,13H2,1-2H3,(H,15,16). The summed E-state index contributed by atoms with van der Waals surface area (Å²) in [7, 11) is 1.58. The molecule has 0 radical (unpaired) electrons. The molecule has 0 aliphatic rings. The van der Waals surface area contributed by atoms with E-state index in [-0.39, 0.29) is 6.54 Å². The van der Waals surface area contributed by atoms with Crippen LogP contribution in [0.25, 0.3) is 0 Å². The van der Waals surface area contributed by atoms with Crippen LogP contribution in [0.15, 0.2) is 0 Å². The molecule has 0 heterocycles. The molecule has 0 spiro atoms. The van der Waals surface area contributed by atoms with Crippen LogP contribution in [0.5, 0.6) is 0 Å². The number of nitrogens with zero attached hydrogens (tertiary/aromatic N) is 1. The summed E-state index contributed by atoms with van der Waals surface area (Å²) in [4.78, 5) is 12.3. The van der Waals surface area contributed by atoms with Crippen molar-refractivity contribution in [2.24, 2.45) is 5.73 Å². The van der Waals surface area contributed by atoms with Crippen LogP contribution in [0.4, 0.5) is 8.78 Å². The Labute approximate surface area is 94.4 Å². The summed E-state index contributed by atoms with van der Waals surface area (Å²) in [5.74, 6) is -1.04. The van der Waals surface area contributed by atoms with Crippen LogP contribution in [-0.4, -0.2) is 48.1 Å². The molecule has 4 nitrogen and oxygen atoms in total. The van der Waals surface area contributed by atoms with E-state index in [1.807, 2.05) is 0 Å². The first kappa shape index (κ1) is 15.2. The van der Waals surface area contributed by atoms with Gasteiger partial charge in [0.2, 0.25) is 0 Å². The Morgan fingerprint density at radius 3 is 2.50 bits per heavy atom. The number of nitrogens with two attached hydrogens (primary N) is 1. The maximum atomic E-state index is 12.0. The fraction of sp³-hybridized carbons (Fsp3) is 0.900. The quantitative estimate of drug-likeness (QED) is 0.666. The molecule has 16 heavy (non-hydrogen) atoms. The Kier molecular flexibility index (Phi) is 6.43. The number of hydrogen-bond donors (Lipinski definition) is 2. The first-order chi connectivity index (χ1) is 7.31. The van der Waals surface area contributed by atoms with Gasteiger partial charge in [-0.1, -0.05) is 6.92 Å². The maximum Gasteiger partial charge on any atom is 0.323 e. The molecule has 1 atom stereocenters. The van der Waals surface area contributed by atoms with Crippen LogP contribution >= 0.6 is 0 Å². The van der Waals surface area contributed by atoms with Gasteiger partial charge in [0.15, 0.2) is 0 Å². The average molecular weight is 238 g/mol. The molecule has 0 rings (SSSR count). The van der Waals surface area contributed by atoms with Gasteiger partial charge in [-0.15, -0.1) is 0 Å². The number of carboxylic acids is 1. The highest BCUT2D eigenvalue weighted by molar-refractivity contribution is 5.78. The second-order valence-corrected chi connectivity index (χ2v) is 4.07. The van der Waals surface area contributed by atoms with E-state index >= 15 is 0 Å². The molecule has 1 unspecified atom stereocenters. The van der Waals surface area contributed by atoms with Gasteiger partial charge in [0.1, 0.15) is 5.54 Å². The zero-order chi connectivity index (χ0) is 12.8. The molecule has 6 heteroatoms. The van der Waals surface area contributed by atoms with Gasteiger partial charge in [-0.3, -0.25) is 4.79 Å². The first-order valence-electron chi connectivity index (χ1n) is 5.30. The van der Waals surface area contributed by atoms with Crippen molar-refractivity contribution in [1.29, 1.82) is 0 Å². The average Bonchev–Trinajstić information content (AvgIpc) is 2.15. The van der Waals surface area contributed by atoms with Crippen LogP contribution in [0.1, 0.15) is 26.2 Å². The van der Waals surface area contributed by atoms with Crippen molar-refractivity contribution in [3.63, 3.8) is 0 Å². The lowest BCUT2D eigenvalue weighted by atomic mass is 9.92. The van der Waals surface area contributed by atoms with Gasteiger partial charge in [0.05, 0.1) is 6.54 Å². The summed E-state index contributed by atoms with van der Waals surface area (Å²) in [6.45, 7) is 1.84. The highest BCUT2D eigenvalue weighted by Crippen LogP contribution is 2.14. The monoisotopic (exact) mass is 238 g/mol. The normalized spacial score (nSPS) is 15.4. The Morgan fingerprint density at radius 2 is 2.12 bits per heavy atom. The molecular formula is C10H20F2N2O2. The summed E-state index contributed by atoms with van der Waals surface area (Å²) in [6, 6.07) is 0. The smallest absolute Gasteiger partial charge is 0.323 e. The van der Waals surface area contributed by atoms with Crippen molar-refractivity contribution >= 4 is 5.97 Å². The zero-order valence-corrected chi connectivity index (χ0v) is 9.75. The van der Waals surface area contributed by atoms with Crippen molar-refractivity contribution < 1.29 is 18.7 Å². The van der Waals surface area contributed by atoms with Gasteiger partial charge in [-0.2, -0.15) is 0 Å². The van der Waals surface area contributed by atoms with E-state index in [2.05, 4.69) is 0 Å². The van der Waals surface area contributed by atoms with E-state index in [0.29, 0.717) is 25.8 Å². The topological polar surface area (TPSA) is 66.6 Å². The van der Waals surface area contributed by atoms with Crippen molar-refractivity contribution in [2.75, 3.05) is 20.1 Å². The molecule has 96 valence electrons. The molecule has 0 amide bonds. The number of aliphatic carboxylic acids is 1. The van der Waals surface area contributed by atoms with Gasteiger partial charge in [-0.05, 0) is 32.9 Å². The molecule has 0 aromatic carbocycles. The fourth-order valence-electron chi connectivity index (χ4n) is 1.43. The zero-order valence-electron chi connectivity index (χ0n) is 9.75. The van der Waals surface area contributed by atoms with Crippen LogP contribution in [-0.2, 0) is 4.79 Å². The number of carbonyl (C=O) groups is 1. The summed E-state index contributed by atoms with van der Waals surface area (Å²) in [5.41, 5.74) is 4.43. The molecule has 0 bridgehead atoms. The highest BCUT2D eigenvalue weighted by atomic mass is 19.3. The van der Waals surface area contributed by atoms with E-state index in [1.54, 1.807) is 14.0 Å². The van der Waals surface area contributed by atoms with Crippen molar-refractivity contribution in [2.45, 2.75) is 38.2 Å². The second kappa shape index (κ2) is 6.75. The van der Waals surface area contributed by atoms with E-state index < -0.39 is 17.9 Å². The Balaban J connectivity index is 3.92. The largest absolute Gasteiger partial charge is 0.480 e. The number of halogens is 2. The minimum absolute atomic E-state index is 0.295. The summed E-state index contributed by atoms with van der Waals surface area (Å²) < 4.78 is 24.0. The van der Waals surface area contributed by atoms with Gasteiger partial charge < -0.3 is 15.7 Å². The van der Waals surface area contributed by atoms with Crippen molar-refractivity contribution in [3.8, 4) is 0 Å². The minimum Gasteiger partial charge on any atom is -0.480 e. The number of rotatable bonds is 8. The Morgan fingerprint density at radius 1 is 1.56 bits per heavy atom. The SMILES string of the molecule is CCC(N)(CCCN(C)CC(F)F)C(=O)O. The molecule has 0 saturated heterocycles. The lowest BCUT2D eigenvalue weighted by molar-refractivity contribution is -0.143. The molecular weight excluding hydrogens is 218 g/mol. The predicted octanol–water partition coefficient (Wildman–Crippen LogP) is 1.16. The van der Waals surface area contributed by atoms with E-state index in [0.717, 1.165) is 0 Å². The summed E-state index contributed by atoms with van der Waals surface area (Å²) in [6.07, 6.45) is -1.23. The lowest BCUT2D eigenvalue weighted by Gasteiger charge is -2.24. The van der Waals surface area contributed by atoms with Gasteiger partial charge in [0, 0.05) is 0 Å². The van der Waals surface area contributed by atoms with Gasteiger partial charge in [-0.25, -0.2) is 8.78 Å². The number of alkyl halides is 2. The summed E-state index contributed by atoms with van der Waals surface area (Å²) >= 11 is 0. The molecule has 0 saturated carbocycles. The fourth-order valence-corrected chi connectivity index (χ4v) is 1.43. The summed E-state index contributed by atoms with van der Waals surface area (Å²) in [5, 5.41) is 8.88.